The molecule has 0 radical (unpaired) electrons. The van der Waals surface area contributed by atoms with E-state index < -0.39 is 0 Å². The van der Waals surface area contributed by atoms with Crippen LogP contribution in [0.2, 0.25) is 0 Å². The number of thioether (sulfide) groups is 1. The normalized spacial score (nSPS) is 51.4. The smallest absolute Gasteiger partial charge is 0.317 e. The van der Waals surface area contributed by atoms with E-state index in [2.05, 4.69) is 20.8 Å². The lowest BCUT2D eigenvalue weighted by atomic mass is 9.69. The minimum atomic E-state index is -0.184. The third kappa shape index (κ3) is 0.920. The van der Waals surface area contributed by atoms with Crippen molar-refractivity contribution in [3.05, 3.63) is 0 Å². The predicted octanol–water partition coefficient (Wildman–Crippen LogP) is 2.82. The number of carbonyl (C=O) groups is 1. The van der Waals surface area contributed by atoms with E-state index in [1.165, 1.54) is 12.8 Å². The van der Waals surface area contributed by atoms with Gasteiger partial charge in [0.15, 0.2) is 4.93 Å². The first kappa shape index (κ1) is 10.0. The van der Waals surface area contributed by atoms with E-state index in [0.29, 0.717) is 11.2 Å². The quantitative estimate of drug-likeness (QED) is 0.594. The van der Waals surface area contributed by atoms with Crippen LogP contribution >= 0.6 is 11.8 Å². The Morgan fingerprint density at radius 3 is 2.53 bits per heavy atom. The zero-order valence-corrected chi connectivity index (χ0v) is 10.4. The lowest BCUT2D eigenvalue weighted by Gasteiger charge is -2.44. The first-order valence-electron chi connectivity index (χ1n) is 5.77. The van der Waals surface area contributed by atoms with Gasteiger partial charge in [0.05, 0.1) is 5.75 Å². The molecule has 3 rings (SSSR count). The van der Waals surface area contributed by atoms with Crippen LogP contribution in [0.25, 0.3) is 0 Å². The number of rotatable bonds is 0. The van der Waals surface area contributed by atoms with E-state index in [1.807, 2.05) is 0 Å². The van der Waals surface area contributed by atoms with E-state index in [-0.39, 0.29) is 16.3 Å². The van der Waals surface area contributed by atoms with E-state index in [9.17, 15) is 4.79 Å². The van der Waals surface area contributed by atoms with Gasteiger partial charge in [0.25, 0.3) is 0 Å². The molecule has 3 atom stereocenters. The van der Waals surface area contributed by atoms with Crippen LogP contribution in [0.1, 0.15) is 40.0 Å². The van der Waals surface area contributed by atoms with E-state index in [1.54, 1.807) is 11.8 Å². The highest BCUT2D eigenvalue weighted by molar-refractivity contribution is 8.01. The van der Waals surface area contributed by atoms with Crippen molar-refractivity contribution < 1.29 is 9.53 Å². The van der Waals surface area contributed by atoms with Crippen LogP contribution in [-0.4, -0.2) is 16.7 Å². The summed E-state index contributed by atoms with van der Waals surface area (Å²) in [4.78, 5) is 11.2. The highest BCUT2D eigenvalue weighted by Gasteiger charge is 2.72. The molecule has 3 heteroatoms. The van der Waals surface area contributed by atoms with Crippen molar-refractivity contribution >= 4 is 17.7 Å². The molecule has 1 spiro atoms. The molecule has 2 nitrogen and oxygen atoms in total. The van der Waals surface area contributed by atoms with Crippen LogP contribution in [0.5, 0.6) is 0 Å². The molecule has 0 aromatic rings. The van der Waals surface area contributed by atoms with Gasteiger partial charge in [-0.25, -0.2) is 0 Å². The molecule has 0 amide bonds. The number of carbonyl (C=O) groups excluding carboxylic acids is 1. The second-order valence-electron chi connectivity index (χ2n) is 6.01. The van der Waals surface area contributed by atoms with Crippen molar-refractivity contribution in [1.82, 2.24) is 0 Å². The minimum absolute atomic E-state index is 0.00965. The molecule has 3 aliphatic rings. The van der Waals surface area contributed by atoms with Crippen molar-refractivity contribution in [3.8, 4) is 0 Å². The van der Waals surface area contributed by atoms with Crippen LogP contribution in [0, 0.1) is 16.7 Å². The Morgan fingerprint density at radius 2 is 2.13 bits per heavy atom. The molecule has 1 saturated heterocycles. The zero-order chi connectivity index (χ0) is 10.9. The van der Waals surface area contributed by atoms with E-state index in [4.69, 9.17) is 4.74 Å². The largest absolute Gasteiger partial charge is 0.447 e. The summed E-state index contributed by atoms with van der Waals surface area (Å²) in [5.41, 5.74) is 0.506. The van der Waals surface area contributed by atoms with Crippen molar-refractivity contribution in [1.29, 1.82) is 0 Å². The van der Waals surface area contributed by atoms with Gasteiger partial charge in [0.1, 0.15) is 0 Å². The Hall–Kier alpha value is -0.180. The maximum Gasteiger partial charge on any atom is 0.317 e. The number of hydrogen-bond donors (Lipinski definition) is 0. The molecule has 1 heterocycles. The van der Waals surface area contributed by atoms with Crippen molar-refractivity contribution in [2.45, 2.75) is 45.0 Å². The molecule has 3 fully saturated rings. The summed E-state index contributed by atoms with van der Waals surface area (Å²) in [5.74, 6) is 1.28. The molecule has 0 unspecified atom stereocenters. The molecular formula is C12H18O2S. The Bertz CT molecular complexity index is 339. The molecule has 84 valence electrons. The lowest BCUT2D eigenvalue weighted by Crippen LogP contribution is -2.44. The number of hydrogen-bond acceptors (Lipinski definition) is 3. The van der Waals surface area contributed by atoms with E-state index in [0.717, 1.165) is 12.3 Å². The van der Waals surface area contributed by atoms with Gasteiger partial charge in [-0.3, -0.25) is 4.79 Å². The molecule has 1 aliphatic heterocycles. The first-order chi connectivity index (χ1) is 6.91. The van der Waals surface area contributed by atoms with Crippen molar-refractivity contribution in [2.24, 2.45) is 16.7 Å². The Kier molecular flexibility index (Phi) is 1.70. The SMILES string of the molecule is CC1(C)[C@@H]2CC[C@@]1(C)[C@@]1(C2)OC(=O)CS1. The molecule has 15 heavy (non-hydrogen) atoms. The van der Waals surface area contributed by atoms with Gasteiger partial charge in [-0.05, 0) is 24.2 Å². The third-order valence-corrected chi connectivity index (χ3v) is 7.04. The zero-order valence-electron chi connectivity index (χ0n) is 9.63. The van der Waals surface area contributed by atoms with Crippen LogP contribution in [0.3, 0.4) is 0 Å². The van der Waals surface area contributed by atoms with Crippen molar-refractivity contribution in [2.75, 3.05) is 5.75 Å². The number of esters is 1. The Balaban J connectivity index is 2.06. The molecule has 0 aromatic heterocycles. The fraction of sp³-hybridized carbons (Fsp3) is 0.917. The van der Waals surface area contributed by atoms with Gasteiger partial charge in [-0.15, -0.1) is 11.8 Å². The van der Waals surface area contributed by atoms with Gasteiger partial charge in [0, 0.05) is 11.8 Å². The number of fused-ring (bicyclic) bond motifs is 3. The Labute approximate surface area is 95.1 Å². The van der Waals surface area contributed by atoms with Gasteiger partial charge >= 0.3 is 5.97 Å². The maximum atomic E-state index is 11.4. The molecule has 0 N–H and O–H groups in total. The molecule has 0 aromatic carbocycles. The van der Waals surface area contributed by atoms with Gasteiger partial charge in [-0.2, -0.15) is 0 Å². The summed E-state index contributed by atoms with van der Waals surface area (Å²) in [6, 6.07) is 0. The summed E-state index contributed by atoms with van der Waals surface area (Å²) in [5, 5.41) is 0. The topological polar surface area (TPSA) is 26.3 Å². The Morgan fingerprint density at radius 1 is 1.40 bits per heavy atom. The molecule has 2 bridgehead atoms. The standard InChI is InChI=1S/C12H18O2S/c1-10(2)8-4-5-11(10,3)12(6-8)14-9(13)7-15-12/h8H,4-7H2,1-3H3/t8-,11-,12+/m1/s1. The lowest BCUT2D eigenvalue weighted by molar-refractivity contribution is -0.154. The average Bonchev–Trinajstić information content (AvgIpc) is 2.66. The summed E-state index contributed by atoms with van der Waals surface area (Å²) >= 11 is 1.75. The fourth-order valence-electron chi connectivity index (χ4n) is 3.98. The second-order valence-corrected chi connectivity index (χ2v) is 7.25. The monoisotopic (exact) mass is 226 g/mol. The second kappa shape index (κ2) is 2.55. The van der Waals surface area contributed by atoms with Crippen LogP contribution in [0.15, 0.2) is 0 Å². The van der Waals surface area contributed by atoms with Crippen LogP contribution < -0.4 is 0 Å². The van der Waals surface area contributed by atoms with Crippen LogP contribution in [0.4, 0.5) is 0 Å². The summed E-state index contributed by atoms with van der Waals surface area (Å²) in [7, 11) is 0. The minimum Gasteiger partial charge on any atom is -0.447 e. The molecular weight excluding hydrogens is 208 g/mol. The number of ether oxygens (including phenoxy) is 1. The maximum absolute atomic E-state index is 11.4. The fourth-order valence-corrected chi connectivity index (χ4v) is 5.54. The van der Waals surface area contributed by atoms with Gasteiger partial charge in [0.2, 0.25) is 0 Å². The third-order valence-electron chi connectivity index (χ3n) is 5.49. The highest BCUT2D eigenvalue weighted by atomic mass is 32.2. The predicted molar refractivity (Wildman–Crippen MR) is 60.5 cm³/mol. The summed E-state index contributed by atoms with van der Waals surface area (Å²) < 4.78 is 5.71. The van der Waals surface area contributed by atoms with Crippen molar-refractivity contribution in [3.63, 3.8) is 0 Å². The highest BCUT2D eigenvalue weighted by Crippen LogP contribution is 2.74. The first-order valence-corrected chi connectivity index (χ1v) is 6.76. The van der Waals surface area contributed by atoms with E-state index >= 15 is 0 Å². The van der Waals surface area contributed by atoms with Crippen LogP contribution in [-0.2, 0) is 9.53 Å². The summed E-state index contributed by atoms with van der Waals surface area (Å²) in [6.07, 6.45) is 3.60. The van der Waals surface area contributed by atoms with Gasteiger partial charge in [-0.1, -0.05) is 20.8 Å². The summed E-state index contributed by atoms with van der Waals surface area (Å²) in [6.45, 7) is 7.03. The van der Waals surface area contributed by atoms with Gasteiger partial charge < -0.3 is 4.74 Å². The molecule has 2 saturated carbocycles. The molecule has 2 aliphatic carbocycles. The average molecular weight is 226 g/mol.